The average Bonchev–Trinajstić information content (AvgIpc) is 2.83. The average molecular weight is 318 g/mol. The fraction of sp³-hybridized carbons (Fsp3) is 0.750. The van der Waals surface area contributed by atoms with Crippen LogP contribution in [0.5, 0.6) is 0 Å². The van der Waals surface area contributed by atoms with Crippen molar-refractivity contribution in [3.05, 3.63) is 23.3 Å². The van der Waals surface area contributed by atoms with E-state index in [1.54, 1.807) is 5.57 Å². The van der Waals surface area contributed by atoms with Crippen molar-refractivity contribution in [3.63, 3.8) is 0 Å². The third-order valence-corrected chi connectivity index (χ3v) is 7.08. The fourth-order valence-electron chi connectivity index (χ4n) is 5.95. The van der Waals surface area contributed by atoms with Crippen molar-refractivity contribution < 1.29 is 13.9 Å². The number of alkyl halides is 1. The Hall–Kier alpha value is -1.12. The van der Waals surface area contributed by atoms with Gasteiger partial charge in [-0.3, -0.25) is 4.79 Å². The van der Waals surface area contributed by atoms with Gasteiger partial charge in [-0.2, -0.15) is 0 Å². The van der Waals surface area contributed by atoms with Gasteiger partial charge >= 0.3 is 5.97 Å². The Labute approximate surface area is 138 Å². The molecular formula is C20H27FO2. The van der Waals surface area contributed by atoms with Crippen LogP contribution in [0.3, 0.4) is 0 Å². The molecule has 0 spiro atoms. The summed E-state index contributed by atoms with van der Waals surface area (Å²) in [6, 6.07) is 0. The summed E-state index contributed by atoms with van der Waals surface area (Å²) in [6.45, 7) is 3.83. The Bertz CT molecular complexity index is 578. The molecule has 4 aliphatic carbocycles. The molecule has 3 fully saturated rings. The van der Waals surface area contributed by atoms with Gasteiger partial charge in [0, 0.05) is 18.8 Å². The summed E-state index contributed by atoms with van der Waals surface area (Å²) in [5.41, 5.74) is 3.01. The normalized spacial score (nSPS) is 45.3. The van der Waals surface area contributed by atoms with Gasteiger partial charge in [0.25, 0.3) is 0 Å². The number of esters is 1. The number of hydrogen-bond acceptors (Lipinski definition) is 2. The second-order valence-electron chi connectivity index (χ2n) is 8.27. The van der Waals surface area contributed by atoms with Crippen molar-refractivity contribution in [2.45, 2.75) is 71.1 Å². The quantitative estimate of drug-likeness (QED) is 0.652. The van der Waals surface area contributed by atoms with Crippen LogP contribution in [0.2, 0.25) is 0 Å². The van der Waals surface area contributed by atoms with Crippen LogP contribution in [0.4, 0.5) is 4.39 Å². The van der Waals surface area contributed by atoms with E-state index in [0.29, 0.717) is 24.2 Å². The SMILES string of the molecule is CC(=O)O[C@H]1CCC2C3=CC=C4C[C@@H](F)CC[C@@H]4C3CC[C@@]21C. The Morgan fingerprint density at radius 3 is 2.78 bits per heavy atom. The van der Waals surface area contributed by atoms with E-state index < -0.39 is 6.17 Å². The standard InChI is InChI=1S/C20H27FO2/c1-12(22)23-19-8-7-18-17-5-3-13-11-14(21)4-6-15(13)16(17)9-10-20(18,19)2/h3,5,14-16,18-19H,4,6-11H2,1-2H3/t14-,15-,16?,18?,19-,20-/m0/s1. The first-order chi connectivity index (χ1) is 11.0. The second kappa shape index (κ2) is 5.46. The minimum atomic E-state index is -0.638. The molecule has 126 valence electrons. The molecule has 0 bridgehead atoms. The van der Waals surface area contributed by atoms with Crippen LogP contribution < -0.4 is 0 Å². The largest absolute Gasteiger partial charge is 0.462 e. The molecule has 0 amide bonds. The van der Waals surface area contributed by atoms with Crippen LogP contribution in [0.1, 0.15) is 58.8 Å². The zero-order valence-corrected chi connectivity index (χ0v) is 14.2. The lowest BCUT2D eigenvalue weighted by Gasteiger charge is -2.49. The topological polar surface area (TPSA) is 26.3 Å². The number of carbonyl (C=O) groups is 1. The van der Waals surface area contributed by atoms with Crippen LogP contribution in [0, 0.1) is 23.2 Å². The van der Waals surface area contributed by atoms with Crippen LogP contribution in [-0.4, -0.2) is 18.2 Å². The lowest BCUT2D eigenvalue weighted by molar-refractivity contribution is -0.153. The molecule has 0 aromatic heterocycles. The molecule has 23 heavy (non-hydrogen) atoms. The molecule has 3 heteroatoms. The third kappa shape index (κ3) is 2.38. The van der Waals surface area contributed by atoms with E-state index in [-0.39, 0.29) is 17.5 Å². The van der Waals surface area contributed by atoms with E-state index in [1.165, 1.54) is 12.5 Å². The van der Waals surface area contributed by atoms with Gasteiger partial charge < -0.3 is 4.74 Å². The van der Waals surface area contributed by atoms with E-state index in [0.717, 1.165) is 38.5 Å². The molecule has 0 heterocycles. The van der Waals surface area contributed by atoms with Crippen molar-refractivity contribution in [1.29, 1.82) is 0 Å². The van der Waals surface area contributed by atoms with Gasteiger partial charge in [0.1, 0.15) is 12.3 Å². The summed E-state index contributed by atoms with van der Waals surface area (Å²) in [6.07, 6.45) is 10.7. The van der Waals surface area contributed by atoms with Crippen molar-refractivity contribution >= 4 is 5.97 Å². The fourth-order valence-corrected chi connectivity index (χ4v) is 5.95. The third-order valence-electron chi connectivity index (χ3n) is 7.08. The highest BCUT2D eigenvalue weighted by Gasteiger charge is 2.55. The van der Waals surface area contributed by atoms with Crippen LogP contribution in [0.15, 0.2) is 23.3 Å². The molecule has 2 unspecified atom stereocenters. The smallest absolute Gasteiger partial charge is 0.302 e. The maximum absolute atomic E-state index is 13.7. The minimum absolute atomic E-state index is 0.0683. The Morgan fingerprint density at radius 2 is 2.00 bits per heavy atom. The predicted octanol–water partition coefficient (Wildman–Crippen LogP) is 4.75. The molecule has 6 atom stereocenters. The Morgan fingerprint density at radius 1 is 1.17 bits per heavy atom. The molecule has 4 rings (SSSR count). The molecule has 0 aromatic carbocycles. The zero-order valence-electron chi connectivity index (χ0n) is 14.2. The van der Waals surface area contributed by atoms with Crippen LogP contribution in [-0.2, 0) is 9.53 Å². The molecule has 0 radical (unpaired) electrons. The lowest BCUT2D eigenvalue weighted by Crippen LogP contribution is -2.43. The van der Waals surface area contributed by atoms with E-state index in [9.17, 15) is 9.18 Å². The number of ether oxygens (including phenoxy) is 1. The molecule has 0 aromatic rings. The van der Waals surface area contributed by atoms with Crippen LogP contribution >= 0.6 is 0 Å². The van der Waals surface area contributed by atoms with E-state index in [4.69, 9.17) is 4.74 Å². The first kappa shape index (κ1) is 15.4. The predicted molar refractivity (Wildman–Crippen MR) is 87.5 cm³/mol. The van der Waals surface area contributed by atoms with Gasteiger partial charge in [-0.25, -0.2) is 4.39 Å². The highest BCUT2D eigenvalue weighted by atomic mass is 19.1. The first-order valence-corrected chi connectivity index (χ1v) is 9.21. The van der Waals surface area contributed by atoms with Gasteiger partial charge in [-0.15, -0.1) is 0 Å². The number of hydrogen-bond donors (Lipinski definition) is 0. The van der Waals surface area contributed by atoms with Gasteiger partial charge in [0.15, 0.2) is 0 Å². The maximum Gasteiger partial charge on any atom is 0.302 e. The van der Waals surface area contributed by atoms with E-state index >= 15 is 0 Å². The summed E-state index contributed by atoms with van der Waals surface area (Å²) < 4.78 is 19.4. The summed E-state index contributed by atoms with van der Waals surface area (Å²) in [5, 5.41) is 0. The Balaban J connectivity index is 1.62. The second-order valence-corrected chi connectivity index (χ2v) is 8.27. The maximum atomic E-state index is 13.7. The van der Waals surface area contributed by atoms with E-state index in [2.05, 4.69) is 19.1 Å². The summed E-state index contributed by atoms with van der Waals surface area (Å²) >= 11 is 0. The summed E-state index contributed by atoms with van der Waals surface area (Å²) in [4.78, 5) is 11.4. The van der Waals surface area contributed by atoms with Crippen molar-refractivity contribution in [2.75, 3.05) is 0 Å². The Kier molecular flexibility index (Phi) is 3.66. The molecule has 4 aliphatic rings. The highest BCUT2D eigenvalue weighted by Crippen LogP contribution is 2.60. The number of rotatable bonds is 1. The summed E-state index contributed by atoms with van der Waals surface area (Å²) in [5.74, 6) is 1.56. The molecular weight excluding hydrogens is 291 g/mol. The zero-order chi connectivity index (χ0) is 16.2. The lowest BCUT2D eigenvalue weighted by atomic mass is 9.56. The van der Waals surface area contributed by atoms with Gasteiger partial charge in [-0.05, 0) is 56.3 Å². The van der Waals surface area contributed by atoms with Gasteiger partial charge in [0.05, 0.1) is 0 Å². The van der Waals surface area contributed by atoms with Crippen molar-refractivity contribution in [2.24, 2.45) is 23.2 Å². The van der Waals surface area contributed by atoms with Gasteiger partial charge in [0.2, 0.25) is 0 Å². The minimum Gasteiger partial charge on any atom is -0.462 e. The van der Waals surface area contributed by atoms with Crippen molar-refractivity contribution in [1.82, 2.24) is 0 Å². The monoisotopic (exact) mass is 318 g/mol. The van der Waals surface area contributed by atoms with E-state index in [1.807, 2.05) is 0 Å². The summed E-state index contributed by atoms with van der Waals surface area (Å²) in [7, 11) is 0. The number of allylic oxidation sites excluding steroid dienone is 4. The number of fused-ring (bicyclic) bond motifs is 5. The van der Waals surface area contributed by atoms with Gasteiger partial charge in [-0.1, -0.05) is 30.2 Å². The highest BCUT2D eigenvalue weighted by molar-refractivity contribution is 5.66. The van der Waals surface area contributed by atoms with Crippen LogP contribution in [0.25, 0.3) is 0 Å². The molecule has 0 aliphatic heterocycles. The van der Waals surface area contributed by atoms with Crippen molar-refractivity contribution in [3.8, 4) is 0 Å². The molecule has 0 saturated heterocycles. The first-order valence-electron chi connectivity index (χ1n) is 9.21. The number of halogens is 1. The molecule has 0 N–H and O–H groups in total. The number of carbonyl (C=O) groups excluding carboxylic acids is 1. The molecule has 3 saturated carbocycles. The molecule has 2 nitrogen and oxygen atoms in total.